The normalized spacial score (nSPS) is 55.8. The topological polar surface area (TPSA) is 185 Å². The molecule has 12 nitrogen and oxygen atoms in total. The lowest BCUT2D eigenvalue weighted by molar-refractivity contribution is -0.343. The Morgan fingerprint density at radius 1 is 0.960 bits per heavy atom. The molecular weight excluding hydrogens is 648 g/mol. The van der Waals surface area contributed by atoms with Crippen LogP contribution in [0.25, 0.3) is 0 Å². The Hall–Kier alpha value is -0.930. The Morgan fingerprint density at radius 2 is 1.62 bits per heavy atom. The minimum atomic E-state index is -1.87. The predicted octanol–water partition coefficient (Wildman–Crippen LogP) is 2.27. The molecular formula is C38H62O12. The van der Waals surface area contributed by atoms with Gasteiger partial charge in [0.15, 0.2) is 18.2 Å². The highest BCUT2D eigenvalue weighted by Gasteiger charge is 2.88. The molecule has 7 rings (SSSR count). The highest BCUT2D eigenvalue weighted by atomic mass is 16.7. The number of fused-ring (bicyclic) bond motifs is 4. The van der Waals surface area contributed by atoms with Gasteiger partial charge in [0.05, 0.1) is 18.8 Å². The summed E-state index contributed by atoms with van der Waals surface area (Å²) in [5.74, 6) is -2.65. The maximum Gasteiger partial charge on any atom is 0.303 e. The van der Waals surface area contributed by atoms with Gasteiger partial charge in [0, 0.05) is 37.2 Å². The van der Waals surface area contributed by atoms with E-state index in [0.717, 1.165) is 32.1 Å². The summed E-state index contributed by atoms with van der Waals surface area (Å²) in [5.41, 5.74) is -3.14. The van der Waals surface area contributed by atoms with Gasteiger partial charge in [-0.05, 0) is 86.4 Å². The van der Waals surface area contributed by atoms with Gasteiger partial charge >= 0.3 is 5.97 Å². The summed E-state index contributed by atoms with van der Waals surface area (Å²) in [4.78, 5) is 12.3. The van der Waals surface area contributed by atoms with Crippen molar-refractivity contribution < 1.29 is 59.1 Å². The van der Waals surface area contributed by atoms with E-state index in [0.29, 0.717) is 12.8 Å². The molecule has 2 aliphatic heterocycles. The Balaban J connectivity index is 1.19. The van der Waals surface area contributed by atoms with E-state index in [9.17, 15) is 35.4 Å². The number of rotatable bonds is 6. The largest absolute Gasteiger partial charge is 0.457 e. The number of esters is 1. The standard InChI is InChI=1S/C38H62O12/c1-18-14-21(29(48-19(2)39)33(5,6)46-9)50-38(45)28(18)34(7)12-13-36-17-37(36)22(10-11-23(36)35(34,8)31(38)44)32(3,4)25(15-24(37)41)49-30-27(43)26(42)20(40)16-47-30/h18,20-31,40-45H,10-17H2,1-9H3/t18-,20-,21-,22+,23+,24+,25+,26+,27-,28-,29+,30+,31-,34-,35-,36+,37-,38?/m1/s1. The molecule has 1 unspecified atom stereocenters. The molecule has 2 saturated heterocycles. The lowest BCUT2D eigenvalue weighted by Gasteiger charge is -2.64. The average molecular weight is 711 g/mol. The first-order chi connectivity index (χ1) is 23.1. The molecule has 18 atom stereocenters. The van der Waals surface area contributed by atoms with Gasteiger partial charge in [0.2, 0.25) is 0 Å². The summed E-state index contributed by atoms with van der Waals surface area (Å²) in [5, 5.41) is 68.4. The summed E-state index contributed by atoms with van der Waals surface area (Å²) in [6.07, 6.45) is -4.03. The van der Waals surface area contributed by atoms with Crippen LogP contribution in [0.5, 0.6) is 0 Å². The molecule has 5 aliphatic carbocycles. The van der Waals surface area contributed by atoms with Gasteiger partial charge in [-0.3, -0.25) is 4.79 Å². The molecule has 286 valence electrons. The van der Waals surface area contributed by atoms with Gasteiger partial charge in [-0.1, -0.05) is 34.6 Å². The van der Waals surface area contributed by atoms with Crippen LogP contribution >= 0.6 is 0 Å². The Kier molecular flexibility index (Phi) is 8.63. The van der Waals surface area contributed by atoms with Gasteiger partial charge in [0.25, 0.3) is 0 Å². The van der Waals surface area contributed by atoms with Crippen LogP contribution < -0.4 is 0 Å². The number of aliphatic hydroxyl groups excluding tert-OH is 5. The molecule has 2 spiro atoms. The highest BCUT2D eigenvalue weighted by molar-refractivity contribution is 5.66. The number of aliphatic hydroxyl groups is 6. The van der Waals surface area contributed by atoms with Crippen molar-refractivity contribution in [2.24, 2.45) is 50.7 Å². The van der Waals surface area contributed by atoms with Crippen molar-refractivity contribution >= 4 is 5.97 Å². The monoisotopic (exact) mass is 710 g/mol. The first-order valence-electron chi connectivity index (χ1n) is 18.9. The second-order valence-electron chi connectivity index (χ2n) is 19.0. The van der Waals surface area contributed by atoms with Crippen molar-refractivity contribution in [3.8, 4) is 0 Å². The van der Waals surface area contributed by atoms with Gasteiger partial charge in [-0.15, -0.1) is 0 Å². The molecule has 7 aliphatic rings. The summed E-state index contributed by atoms with van der Waals surface area (Å²) in [6.45, 7) is 15.7. The van der Waals surface area contributed by atoms with Gasteiger partial charge in [-0.2, -0.15) is 0 Å². The number of carbonyl (C=O) groups excluding carboxylic acids is 1. The zero-order chi connectivity index (χ0) is 36.8. The molecule has 0 amide bonds. The second-order valence-corrected chi connectivity index (χ2v) is 19.0. The van der Waals surface area contributed by atoms with E-state index < -0.39 is 88.7 Å². The summed E-state index contributed by atoms with van der Waals surface area (Å²) in [6, 6.07) is 0. The Morgan fingerprint density at radius 3 is 2.26 bits per heavy atom. The maximum atomic E-state index is 12.7. The van der Waals surface area contributed by atoms with E-state index in [2.05, 4.69) is 34.6 Å². The van der Waals surface area contributed by atoms with E-state index in [1.54, 1.807) is 7.11 Å². The molecule has 0 bridgehead atoms. The molecule has 12 heteroatoms. The van der Waals surface area contributed by atoms with Crippen LogP contribution in [0.2, 0.25) is 0 Å². The quantitative estimate of drug-likeness (QED) is 0.175. The number of carbonyl (C=O) groups is 1. The molecule has 0 radical (unpaired) electrons. The molecule has 0 aromatic heterocycles. The van der Waals surface area contributed by atoms with Gasteiger partial charge in [-0.25, -0.2) is 0 Å². The van der Waals surface area contributed by atoms with Crippen molar-refractivity contribution in [1.29, 1.82) is 0 Å². The van der Waals surface area contributed by atoms with Crippen LogP contribution in [0.4, 0.5) is 0 Å². The maximum absolute atomic E-state index is 12.7. The first kappa shape index (κ1) is 37.4. The van der Waals surface area contributed by atoms with Crippen LogP contribution in [0.1, 0.15) is 100 Å². The third-order valence-corrected chi connectivity index (χ3v) is 16.4. The van der Waals surface area contributed by atoms with Crippen LogP contribution in [-0.4, -0.2) is 117 Å². The van der Waals surface area contributed by atoms with Crippen molar-refractivity contribution in [1.82, 2.24) is 0 Å². The van der Waals surface area contributed by atoms with E-state index in [1.807, 2.05) is 13.8 Å². The highest BCUT2D eigenvalue weighted by Crippen LogP contribution is 2.89. The third-order valence-electron chi connectivity index (χ3n) is 16.4. The minimum absolute atomic E-state index is 0.0200. The first-order valence-corrected chi connectivity index (χ1v) is 18.9. The number of ether oxygens (including phenoxy) is 5. The van der Waals surface area contributed by atoms with Gasteiger partial charge < -0.3 is 54.3 Å². The SMILES string of the molecule is COC(C)(C)[C@@H](OC(C)=O)[C@H]1C[C@@H](C)[C@H]2C(O)(O1)[C@H](O)[C@@]1(C)[C@@H]3CC[C@H]4C(C)(C)[C@@H](O[C@@H]5OC[C@@H](O)[C@H](O)[C@H]5O)C[C@H](O)[C@@]45C[C@@]35CC[C@]21C. The molecule has 7 fully saturated rings. The van der Waals surface area contributed by atoms with Gasteiger partial charge in [0.1, 0.15) is 36.1 Å². The molecule has 50 heavy (non-hydrogen) atoms. The van der Waals surface area contributed by atoms with Crippen molar-refractivity contribution in [2.75, 3.05) is 13.7 Å². The smallest absolute Gasteiger partial charge is 0.303 e. The molecule has 5 saturated carbocycles. The molecule has 2 heterocycles. The molecule has 0 aromatic rings. The van der Waals surface area contributed by atoms with E-state index in [1.165, 1.54) is 6.92 Å². The van der Waals surface area contributed by atoms with Crippen LogP contribution in [0.3, 0.4) is 0 Å². The zero-order valence-corrected chi connectivity index (χ0v) is 31.3. The molecule has 0 aromatic carbocycles. The summed E-state index contributed by atoms with van der Waals surface area (Å²) >= 11 is 0. The number of hydrogen-bond donors (Lipinski definition) is 6. The minimum Gasteiger partial charge on any atom is -0.457 e. The fraction of sp³-hybridized carbons (Fsp3) is 0.974. The van der Waals surface area contributed by atoms with E-state index >= 15 is 0 Å². The van der Waals surface area contributed by atoms with Crippen molar-refractivity contribution in [2.45, 2.75) is 167 Å². The number of methoxy groups -OCH3 is 1. The predicted molar refractivity (Wildman–Crippen MR) is 178 cm³/mol. The van der Waals surface area contributed by atoms with Crippen LogP contribution in [0, 0.1) is 50.7 Å². The van der Waals surface area contributed by atoms with Crippen LogP contribution in [0.15, 0.2) is 0 Å². The second kappa shape index (κ2) is 11.5. The number of hydrogen-bond acceptors (Lipinski definition) is 12. The van der Waals surface area contributed by atoms with E-state index in [-0.39, 0.29) is 41.1 Å². The Labute approximate surface area is 296 Å². The fourth-order valence-corrected chi connectivity index (χ4v) is 13.9. The lowest BCUT2D eigenvalue weighted by atomic mass is 9.41. The zero-order valence-electron chi connectivity index (χ0n) is 31.3. The average Bonchev–Trinajstić information content (AvgIpc) is 3.70. The van der Waals surface area contributed by atoms with E-state index in [4.69, 9.17) is 23.7 Å². The Bertz CT molecular complexity index is 1360. The lowest BCUT2D eigenvalue weighted by Crippen LogP contribution is -2.64. The third kappa shape index (κ3) is 4.56. The van der Waals surface area contributed by atoms with Crippen molar-refractivity contribution in [3.05, 3.63) is 0 Å². The summed E-state index contributed by atoms with van der Waals surface area (Å²) in [7, 11) is 1.56. The van der Waals surface area contributed by atoms with Crippen LogP contribution in [-0.2, 0) is 28.5 Å². The van der Waals surface area contributed by atoms with Crippen molar-refractivity contribution in [3.63, 3.8) is 0 Å². The summed E-state index contributed by atoms with van der Waals surface area (Å²) < 4.78 is 30.2. The fourth-order valence-electron chi connectivity index (χ4n) is 13.9. The molecule has 6 N–H and O–H groups in total.